The van der Waals surface area contributed by atoms with E-state index in [0.717, 1.165) is 62.8 Å². The molecule has 6 nitrogen and oxygen atoms in total. The van der Waals surface area contributed by atoms with Crippen molar-refractivity contribution in [1.29, 1.82) is 0 Å². The fraction of sp³-hybridized carbons (Fsp3) is 0.364. The molecule has 0 spiro atoms. The van der Waals surface area contributed by atoms with Crippen LogP contribution in [0.5, 0.6) is 0 Å². The zero-order valence-corrected chi connectivity index (χ0v) is 15.9. The van der Waals surface area contributed by atoms with Crippen molar-refractivity contribution in [1.82, 2.24) is 0 Å². The van der Waals surface area contributed by atoms with Crippen molar-refractivity contribution in [2.45, 2.75) is 19.3 Å². The second-order valence-corrected chi connectivity index (χ2v) is 7.15. The Hall–Kier alpha value is -2.86. The normalized spacial score (nSPS) is 17.5. The molecule has 146 valence electrons. The zero-order chi connectivity index (χ0) is 19.3. The van der Waals surface area contributed by atoms with Crippen LogP contribution in [0.1, 0.15) is 29.6 Å². The summed E-state index contributed by atoms with van der Waals surface area (Å²) in [5.74, 6) is -0.000507. The number of hydrogen-bond acceptors (Lipinski definition) is 4. The molecule has 2 amide bonds. The molecule has 1 N–H and O–H groups in total. The third-order valence-electron chi connectivity index (χ3n) is 5.27. The van der Waals surface area contributed by atoms with Gasteiger partial charge in [-0.05, 0) is 61.4 Å². The monoisotopic (exact) mass is 379 g/mol. The van der Waals surface area contributed by atoms with Gasteiger partial charge in [-0.3, -0.25) is 9.59 Å². The van der Waals surface area contributed by atoms with Crippen LogP contribution in [0.2, 0.25) is 0 Å². The second kappa shape index (κ2) is 8.44. The number of piperidine rings is 1. The molecule has 0 saturated carbocycles. The van der Waals surface area contributed by atoms with Crippen LogP contribution < -0.4 is 15.1 Å². The van der Waals surface area contributed by atoms with Gasteiger partial charge < -0.3 is 19.9 Å². The SMILES string of the molecule is O=C(Nc1ccc(N2CCOCC2)cc1)c1ccc(N2CCCCC2=O)cc1. The van der Waals surface area contributed by atoms with Gasteiger partial charge in [0.1, 0.15) is 0 Å². The van der Waals surface area contributed by atoms with Crippen molar-refractivity contribution in [2.24, 2.45) is 0 Å². The Balaban J connectivity index is 1.38. The second-order valence-electron chi connectivity index (χ2n) is 7.15. The number of anilines is 3. The smallest absolute Gasteiger partial charge is 0.255 e. The van der Waals surface area contributed by atoms with Crippen LogP contribution in [-0.2, 0) is 9.53 Å². The van der Waals surface area contributed by atoms with Gasteiger partial charge in [-0.25, -0.2) is 0 Å². The van der Waals surface area contributed by atoms with Gasteiger partial charge in [-0.15, -0.1) is 0 Å². The highest BCUT2D eigenvalue weighted by atomic mass is 16.5. The number of amides is 2. The number of nitrogens with one attached hydrogen (secondary N) is 1. The van der Waals surface area contributed by atoms with Crippen molar-refractivity contribution >= 4 is 28.9 Å². The molecule has 28 heavy (non-hydrogen) atoms. The molecule has 0 atom stereocenters. The zero-order valence-electron chi connectivity index (χ0n) is 15.9. The molecular formula is C22H25N3O3. The van der Waals surface area contributed by atoms with Crippen LogP contribution in [0.15, 0.2) is 48.5 Å². The van der Waals surface area contributed by atoms with E-state index in [1.807, 2.05) is 36.4 Å². The first-order valence-electron chi connectivity index (χ1n) is 9.85. The first kappa shape index (κ1) is 18.5. The Morgan fingerprint density at radius 2 is 1.54 bits per heavy atom. The summed E-state index contributed by atoms with van der Waals surface area (Å²) in [7, 11) is 0. The molecule has 2 aromatic rings. The molecule has 2 aliphatic rings. The fourth-order valence-electron chi connectivity index (χ4n) is 3.65. The molecule has 2 saturated heterocycles. The van der Waals surface area contributed by atoms with Crippen LogP contribution in [0.4, 0.5) is 17.1 Å². The Labute approximate surface area is 165 Å². The van der Waals surface area contributed by atoms with Crippen molar-refractivity contribution in [2.75, 3.05) is 48.0 Å². The summed E-state index contributed by atoms with van der Waals surface area (Å²) < 4.78 is 5.38. The molecular weight excluding hydrogens is 354 g/mol. The van der Waals surface area contributed by atoms with Gasteiger partial charge in [0.05, 0.1) is 13.2 Å². The van der Waals surface area contributed by atoms with Crippen molar-refractivity contribution in [3.63, 3.8) is 0 Å². The number of nitrogens with zero attached hydrogens (tertiary/aromatic N) is 2. The minimum absolute atomic E-state index is 0.156. The van der Waals surface area contributed by atoms with Crippen LogP contribution in [-0.4, -0.2) is 44.7 Å². The van der Waals surface area contributed by atoms with E-state index in [0.29, 0.717) is 12.0 Å². The lowest BCUT2D eigenvalue weighted by atomic mass is 10.1. The summed E-state index contributed by atoms with van der Waals surface area (Å²) >= 11 is 0. The van der Waals surface area contributed by atoms with Gasteiger partial charge in [0.15, 0.2) is 0 Å². The van der Waals surface area contributed by atoms with E-state index in [1.54, 1.807) is 17.0 Å². The molecule has 2 heterocycles. The van der Waals surface area contributed by atoms with Gasteiger partial charge in [0, 0.05) is 48.7 Å². The number of ether oxygens (including phenoxy) is 1. The van der Waals surface area contributed by atoms with Crippen LogP contribution >= 0.6 is 0 Å². The first-order valence-corrected chi connectivity index (χ1v) is 9.85. The number of carbonyl (C=O) groups excluding carboxylic acids is 2. The maximum atomic E-state index is 12.5. The highest BCUT2D eigenvalue weighted by Crippen LogP contribution is 2.22. The van der Waals surface area contributed by atoms with Crippen molar-refractivity contribution in [3.05, 3.63) is 54.1 Å². The lowest BCUT2D eigenvalue weighted by Crippen LogP contribution is -2.36. The van der Waals surface area contributed by atoms with E-state index in [-0.39, 0.29) is 11.8 Å². The molecule has 0 bridgehead atoms. The summed E-state index contributed by atoms with van der Waals surface area (Å²) in [5, 5.41) is 2.93. The van der Waals surface area contributed by atoms with Gasteiger partial charge >= 0.3 is 0 Å². The Morgan fingerprint density at radius 3 is 2.21 bits per heavy atom. The minimum Gasteiger partial charge on any atom is -0.378 e. The molecule has 2 aliphatic heterocycles. The van der Waals surface area contributed by atoms with Crippen molar-refractivity contribution < 1.29 is 14.3 Å². The quantitative estimate of drug-likeness (QED) is 0.886. The molecule has 2 fully saturated rings. The highest BCUT2D eigenvalue weighted by Gasteiger charge is 2.19. The summed E-state index contributed by atoms with van der Waals surface area (Å²) in [6.45, 7) is 4.02. The predicted molar refractivity (Wildman–Crippen MR) is 110 cm³/mol. The largest absolute Gasteiger partial charge is 0.378 e. The van der Waals surface area contributed by atoms with E-state index >= 15 is 0 Å². The third kappa shape index (κ3) is 4.17. The summed E-state index contributed by atoms with van der Waals surface area (Å²) in [6.07, 6.45) is 2.58. The maximum absolute atomic E-state index is 12.5. The minimum atomic E-state index is -0.157. The van der Waals surface area contributed by atoms with Crippen molar-refractivity contribution in [3.8, 4) is 0 Å². The third-order valence-corrected chi connectivity index (χ3v) is 5.27. The fourth-order valence-corrected chi connectivity index (χ4v) is 3.65. The lowest BCUT2D eigenvalue weighted by molar-refractivity contribution is -0.119. The Morgan fingerprint density at radius 1 is 0.857 bits per heavy atom. The number of hydrogen-bond donors (Lipinski definition) is 1. The first-order chi connectivity index (χ1) is 13.7. The predicted octanol–water partition coefficient (Wildman–Crippen LogP) is 3.29. The number of benzene rings is 2. The van der Waals surface area contributed by atoms with E-state index in [4.69, 9.17) is 4.74 Å². The molecule has 6 heteroatoms. The van der Waals surface area contributed by atoms with Gasteiger partial charge in [-0.2, -0.15) is 0 Å². The van der Waals surface area contributed by atoms with E-state index in [9.17, 15) is 9.59 Å². The molecule has 0 unspecified atom stereocenters. The molecule has 0 aliphatic carbocycles. The molecule has 2 aromatic carbocycles. The van der Waals surface area contributed by atoms with Crippen LogP contribution in [0, 0.1) is 0 Å². The Kier molecular flexibility index (Phi) is 5.58. The molecule has 4 rings (SSSR count). The number of rotatable bonds is 4. The summed E-state index contributed by atoms with van der Waals surface area (Å²) in [4.78, 5) is 28.6. The van der Waals surface area contributed by atoms with E-state index in [2.05, 4.69) is 10.2 Å². The molecule has 0 radical (unpaired) electrons. The van der Waals surface area contributed by atoms with E-state index in [1.165, 1.54) is 0 Å². The highest BCUT2D eigenvalue weighted by molar-refractivity contribution is 6.04. The topological polar surface area (TPSA) is 61.9 Å². The summed E-state index contributed by atoms with van der Waals surface area (Å²) in [6, 6.07) is 15.1. The average Bonchev–Trinajstić information content (AvgIpc) is 2.75. The van der Waals surface area contributed by atoms with Gasteiger partial charge in [0.25, 0.3) is 5.91 Å². The Bertz CT molecular complexity index is 827. The molecule has 0 aromatic heterocycles. The number of carbonyl (C=O) groups is 2. The number of morpholine rings is 1. The average molecular weight is 379 g/mol. The van der Waals surface area contributed by atoms with Gasteiger partial charge in [-0.1, -0.05) is 0 Å². The van der Waals surface area contributed by atoms with Crippen LogP contribution in [0.3, 0.4) is 0 Å². The van der Waals surface area contributed by atoms with Gasteiger partial charge in [0.2, 0.25) is 5.91 Å². The van der Waals surface area contributed by atoms with Crippen LogP contribution in [0.25, 0.3) is 0 Å². The van der Waals surface area contributed by atoms with E-state index < -0.39 is 0 Å². The maximum Gasteiger partial charge on any atom is 0.255 e. The summed E-state index contributed by atoms with van der Waals surface area (Å²) in [5.41, 5.74) is 3.33. The lowest BCUT2D eigenvalue weighted by Gasteiger charge is -2.28. The standard InChI is InChI=1S/C22H25N3O3/c26-21-3-1-2-12-25(21)20-8-4-17(5-9-20)22(27)23-18-6-10-19(11-7-18)24-13-15-28-16-14-24/h4-11H,1-3,12-16H2,(H,23,27).